The molecule has 0 aromatic carbocycles. The molecule has 1 unspecified atom stereocenters. The monoisotopic (exact) mass is 266 g/mol. The summed E-state index contributed by atoms with van der Waals surface area (Å²) in [5.41, 5.74) is 7.90. The predicted molar refractivity (Wildman–Crippen MR) is 78.6 cm³/mol. The van der Waals surface area contributed by atoms with Crippen molar-refractivity contribution in [2.75, 3.05) is 37.4 Å². The van der Waals surface area contributed by atoms with Gasteiger partial charge in [0.05, 0.1) is 18.0 Å². The Morgan fingerprint density at radius 3 is 2.84 bits per heavy atom. The molecule has 1 aromatic heterocycles. The largest absolute Gasteiger partial charge is 0.394 e. The Labute approximate surface area is 115 Å². The number of nitrogens with two attached hydrogens (primary N) is 1. The molecule has 0 aliphatic carbocycles. The number of ether oxygens (including phenoxy) is 1. The van der Waals surface area contributed by atoms with Crippen LogP contribution in [0.1, 0.15) is 38.4 Å². The van der Waals surface area contributed by atoms with Gasteiger partial charge in [-0.25, -0.2) is 4.68 Å². The lowest BCUT2D eigenvalue weighted by atomic mass is 10.0. The zero-order valence-corrected chi connectivity index (χ0v) is 12.5. The van der Waals surface area contributed by atoms with Crippen molar-refractivity contribution >= 4 is 11.5 Å². The Morgan fingerprint density at radius 1 is 1.53 bits per heavy atom. The second kappa shape index (κ2) is 5.82. The maximum absolute atomic E-state index is 6.19. The summed E-state index contributed by atoms with van der Waals surface area (Å²) in [5.74, 6) is 1.63. The van der Waals surface area contributed by atoms with Gasteiger partial charge < -0.3 is 15.4 Å². The van der Waals surface area contributed by atoms with Gasteiger partial charge in [0.1, 0.15) is 0 Å². The number of nitrogen functional groups attached to an aromatic ring is 1. The van der Waals surface area contributed by atoms with Crippen LogP contribution in [0, 0.1) is 12.8 Å². The molecule has 0 saturated carbocycles. The highest BCUT2D eigenvalue weighted by atomic mass is 16.5. The summed E-state index contributed by atoms with van der Waals surface area (Å²) in [7, 11) is 2.10. The molecule has 1 saturated heterocycles. The number of hydrogen-bond acceptors (Lipinski definition) is 4. The molecule has 1 fully saturated rings. The van der Waals surface area contributed by atoms with E-state index < -0.39 is 0 Å². The van der Waals surface area contributed by atoms with E-state index in [1.165, 1.54) is 6.42 Å². The van der Waals surface area contributed by atoms with Crippen LogP contribution >= 0.6 is 0 Å². The van der Waals surface area contributed by atoms with Crippen LogP contribution in [0.4, 0.5) is 11.5 Å². The summed E-state index contributed by atoms with van der Waals surface area (Å²) in [4.78, 5) is 2.23. The van der Waals surface area contributed by atoms with Crippen molar-refractivity contribution in [1.29, 1.82) is 0 Å². The first kappa shape index (κ1) is 14.2. The van der Waals surface area contributed by atoms with Gasteiger partial charge in [-0.15, -0.1) is 0 Å². The first-order chi connectivity index (χ1) is 9.00. The van der Waals surface area contributed by atoms with Crippen molar-refractivity contribution in [3.8, 4) is 0 Å². The van der Waals surface area contributed by atoms with Crippen LogP contribution in [0.2, 0.25) is 0 Å². The third-order valence-corrected chi connectivity index (χ3v) is 3.74. The van der Waals surface area contributed by atoms with Crippen molar-refractivity contribution in [3.05, 3.63) is 5.69 Å². The normalized spacial score (nSPS) is 19.9. The molecule has 1 aliphatic rings. The minimum atomic E-state index is 0.316. The van der Waals surface area contributed by atoms with Crippen molar-refractivity contribution < 1.29 is 4.74 Å². The first-order valence-electron chi connectivity index (χ1n) is 7.14. The van der Waals surface area contributed by atoms with E-state index in [2.05, 4.69) is 30.9 Å². The van der Waals surface area contributed by atoms with Crippen molar-refractivity contribution in [2.45, 2.75) is 39.7 Å². The smallest absolute Gasteiger partial charge is 0.150 e. The third-order valence-electron chi connectivity index (χ3n) is 3.74. The molecule has 2 heterocycles. The maximum atomic E-state index is 6.19. The molecule has 1 aromatic rings. The van der Waals surface area contributed by atoms with Crippen LogP contribution in [0.3, 0.4) is 0 Å². The van der Waals surface area contributed by atoms with Gasteiger partial charge in [0.15, 0.2) is 5.82 Å². The molecule has 2 rings (SSSR count). The summed E-state index contributed by atoms with van der Waals surface area (Å²) in [6.45, 7) is 8.97. The second-order valence-electron chi connectivity index (χ2n) is 5.82. The van der Waals surface area contributed by atoms with Crippen LogP contribution < -0.4 is 10.6 Å². The average molecular weight is 266 g/mol. The van der Waals surface area contributed by atoms with Crippen LogP contribution in [-0.2, 0) is 4.74 Å². The zero-order valence-electron chi connectivity index (χ0n) is 12.5. The second-order valence-corrected chi connectivity index (χ2v) is 5.82. The topological polar surface area (TPSA) is 56.3 Å². The Kier molecular flexibility index (Phi) is 4.34. The Balaban J connectivity index is 2.15. The van der Waals surface area contributed by atoms with Gasteiger partial charge in [0.25, 0.3) is 0 Å². The molecule has 5 heteroatoms. The molecule has 2 N–H and O–H groups in total. The molecule has 1 aliphatic heterocycles. The lowest BCUT2D eigenvalue weighted by Crippen LogP contribution is -2.32. The highest BCUT2D eigenvalue weighted by molar-refractivity contribution is 5.66. The molecule has 1 atom stereocenters. The van der Waals surface area contributed by atoms with Crippen LogP contribution in [0.5, 0.6) is 0 Å². The van der Waals surface area contributed by atoms with Gasteiger partial charge in [-0.1, -0.05) is 0 Å². The predicted octanol–water partition coefficient (Wildman–Crippen LogP) is 2.22. The van der Waals surface area contributed by atoms with Crippen molar-refractivity contribution in [2.24, 2.45) is 5.92 Å². The lowest BCUT2D eigenvalue weighted by molar-refractivity contribution is 0.0575. The number of aryl methyl sites for hydroxylation is 1. The molecule has 0 radical (unpaired) electrons. The average Bonchev–Trinajstić information content (AvgIpc) is 2.67. The molecule has 108 valence electrons. The minimum Gasteiger partial charge on any atom is -0.394 e. The summed E-state index contributed by atoms with van der Waals surface area (Å²) < 4.78 is 7.57. The standard InChI is InChI=1S/C14H26N4O/c1-10(2)18-14(13(15)11(3)16-18)17(4)8-12-6-5-7-19-9-12/h10,12H,5-9,15H2,1-4H3. The highest BCUT2D eigenvalue weighted by Crippen LogP contribution is 2.29. The summed E-state index contributed by atoms with van der Waals surface area (Å²) in [6.07, 6.45) is 2.40. The molecule has 5 nitrogen and oxygen atoms in total. The number of aromatic nitrogens is 2. The SMILES string of the molecule is Cc1nn(C(C)C)c(N(C)CC2CCCOC2)c1N. The van der Waals surface area contributed by atoms with E-state index in [9.17, 15) is 0 Å². The molecular weight excluding hydrogens is 240 g/mol. The van der Waals surface area contributed by atoms with Crippen LogP contribution in [-0.4, -0.2) is 36.6 Å². The third kappa shape index (κ3) is 3.03. The van der Waals surface area contributed by atoms with Crippen LogP contribution in [0.25, 0.3) is 0 Å². The Morgan fingerprint density at radius 2 is 2.26 bits per heavy atom. The van der Waals surface area contributed by atoms with E-state index >= 15 is 0 Å². The van der Waals surface area contributed by atoms with E-state index in [1.807, 2.05) is 11.6 Å². The van der Waals surface area contributed by atoms with E-state index in [1.54, 1.807) is 0 Å². The van der Waals surface area contributed by atoms with Crippen molar-refractivity contribution in [3.63, 3.8) is 0 Å². The van der Waals surface area contributed by atoms with E-state index in [0.29, 0.717) is 12.0 Å². The van der Waals surface area contributed by atoms with Gasteiger partial charge in [0, 0.05) is 26.2 Å². The van der Waals surface area contributed by atoms with E-state index in [0.717, 1.165) is 43.4 Å². The van der Waals surface area contributed by atoms with Gasteiger partial charge in [0.2, 0.25) is 0 Å². The van der Waals surface area contributed by atoms with Crippen molar-refractivity contribution in [1.82, 2.24) is 9.78 Å². The summed E-state index contributed by atoms with van der Waals surface area (Å²) >= 11 is 0. The number of nitrogens with zero attached hydrogens (tertiary/aromatic N) is 3. The fourth-order valence-corrected chi connectivity index (χ4v) is 2.71. The molecule has 0 amide bonds. The quantitative estimate of drug-likeness (QED) is 0.908. The number of hydrogen-bond donors (Lipinski definition) is 1. The maximum Gasteiger partial charge on any atom is 0.150 e. The molecule has 0 bridgehead atoms. The van der Waals surface area contributed by atoms with E-state index in [4.69, 9.17) is 10.5 Å². The lowest BCUT2D eigenvalue weighted by Gasteiger charge is -2.29. The fraction of sp³-hybridized carbons (Fsp3) is 0.786. The Hall–Kier alpha value is -1.23. The van der Waals surface area contributed by atoms with E-state index in [-0.39, 0.29) is 0 Å². The van der Waals surface area contributed by atoms with Gasteiger partial charge >= 0.3 is 0 Å². The molecular formula is C14H26N4O. The fourth-order valence-electron chi connectivity index (χ4n) is 2.71. The summed E-state index contributed by atoms with van der Waals surface area (Å²) in [5, 5.41) is 4.54. The van der Waals surface area contributed by atoms with Crippen LogP contribution in [0.15, 0.2) is 0 Å². The number of rotatable bonds is 4. The van der Waals surface area contributed by atoms with Gasteiger partial charge in [-0.2, -0.15) is 5.10 Å². The van der Waals surface area contributed by atoms with Gasteiger partial charge in [-0.3, -0.25) is 0 Å². The Bertz CT molecular complexity index is 421. The molecule has 19 heavy (non-hydrogen) atoms. The zero-order chi connectivity index (χ0) is 14.0. The molecule has 0 spiro atoms. The minimum absolute atomic E-state index is 0.316. The summed E-state index contributed by atoms with van der Waals surface area (Å²) in [6, 6.07) is 0.316. The highest BCUT2D eigenvalue weighted by Gasteiger charge is 2.22. The first-order valence-corrected chi connectivity index (χ1v) is 7.14. The number of anilines is 2. The van der Waals surface area contributed by atoms with Gasteiger partial charge in [-0.05, 0) is 39.5 Å².